The van der Waals surface area contributed by atoms with Crippen molar-refractivity contribution in [3.05, 3.63) is 46.0 Å². The molecule has 1 unspecified atom stereocenters. The lowest BCUT2D eigenvalue weighted by molar-refractivity contribution is 0.849. The molecular formula is C17H20N2. The molecule has 2 aromatic rings. The second kappa shape index (κ2) is 3.84. The monoisotopic (exact) mass is 252 g/mol. The number of allylic oxidation sites excluding steroid dienone is 1. The van der Waals surface area contributed by atoms with Crippen LogP contribution in [-0.2, 0) is 0 Å². The van der Waals surface area contributed by atoms with Crippen LogP contribution in [0, 0.1) is 13.8 Å². The third kappa shape index (κ3) is 1.41. The van der Waals surface area contributed by atoms with Crippen molar-refractivity contribution in [2.45, 2.75) is 33.7 Å². The molecule has 2 heteroatoms. The summed E-state index contributed by atoms with van der Waals surface area (Å²) in [6.07, 6.45) is 0. The number of hydrogen-bond donors (Lipinski definition) is 2. The van der Waals surface area contributed by atoms with Crippen LogP contribution in [0.1, 0.15) is 42.1 Å². The molecule has 1 aliphatic carbocycles. The van der Waals surface area contributed by atoms with E-state index in [1.807, 2.05) is 0 Å². The Balaban J connectivity index is 2.63. The van der Waals surface area contributed by atoms with Crippen LogP contribution in [0.4, 0.5) is 5.69 Å². The number of benzene rings is 2. The normalized spacial score (nSPS) is 18.3. The Morgan fingerprint density at radius 1 is 1.00 bits per heavy atom. The molecule has 0 saturated carbocycles. The van der Waals surface area contributed by atoms with Crippen molar-refractivity contribution in [3.8, 4) is 0 Å². The molecule has 1 aliphatic rings. The van der Waals surface area contributed by atoms with Gasteiger partial charge in [-0.05, 0) is 66.3 Å². The van der Waals surface area contributed by atoms with Gasteiger partial charge in [-0.2, -0.15) is 0 Å². The van der Waals surface area contributed by atoms with Crippen molar-refractivity contribution in [1.82, 2.24) is 0 Å². The number of aryl methyl sites for hydroxylation is 1. The molecule has 0 radical (unpaired) electrons. The first-order valence-electron chi connectivity index (χ1n) is 6.69. The highest BCUT2D eigenvalue weighted by Gasteiger charge is 2.25. The zero-order valence-corrected chi connectivity index (χ0v) is 12.0. The Hall–Kier alpha value is -1.80. The molecule has 0 fully saturated rings. The summed E-state index contributed by atoms with van der Waals surface area (Å²) >= 11 is 0. The lowest BCUT2D eigenvalue weighted by Crippen LogP contribution is -2.18. The predicted molar refractivity (Wildman–Crippen MR) is 83.0 cm³/mol. The van der Waals surface area contributed by atoms with Gasteiger partial charge in [-0.15, -0.1) is 0 Å². The van der Waals surface area contributed by atoms with E-state index < -0.39 is 0 Å². The number of hydrogen-bond acceptors (Lipinski definition) is 2. The van der Waals surface area contributed by atoms with E-state index in [0.717, 1.165) is 5.69 Å². The molecule has 0 spiro atoms. The second-order valence-electron chi connectivity index (χ2n) is 5.59. The molecular weight excluding hydrogens is 232 g/mol. The van der Waals surface area contributed by atoms with Gasteiger partial charge in [0.15, 0.2) is 0 Å². The highest BCUT2D eigenvalue weighted by molar-refractivity contribution is 6.05. The van der Waals surface area contributed by atoms with E-state index in [1.54, 1.807) is 0 Å². The Bertz CT molecular complexity index is 739. The Morgan fingerprint density at radius 2 is 1.68 bits per heavy atom. The second-order valence-corrected chi connectivity index (χ2v) is 5.59. The van der Waals surface area contributed by atoms with Gasteiger partial charge in [-0.25, -0.2) is 0 Å². The summed E-state index contributed by atoms with van der Waals surface area (Å²) in [6.45, 7) is 8.48. The van der Waals surface area contributed by atoms with E-state index in [1.165, 1.54) is 44.2 Å². The Morgan fingerprint density at radius 3 is 2.37 bits per heavy atom. The van der Waals surface area contributed by atoms with Gasteiger partial charge >= 0.3 is 0 Å². The molecule has 0 saturated heterocycles. The molecule has 2 aromatic carbocycles. The van der Waals surface area contributed by atoms with Gasteiger partial charge in [0.2, 0.25) is 0 Å². The van der Waals surface area contributed by atoms with E-state index in [0.29, 0.717) is 0 Å². The van der Waals surface area contributed by atoms with Crippen LogP contribution in [-0.4, -0.2) is 0 Å². The summed E-state index contributed by atoms with van der Waals surface area (Å²) in [5.74, 6) is 0. The zero-order valence-electron chi connectivity index (χ0n) is 12.0. The topological polar surface area (TPSA) is 52.0 Å². The van der Waals surface area contributed by atoms with Crippen LogP contribution < -0.4 is 11.5 Å². The molecule has 0 amide bonds. The van der Waals surface area contributed by atoms with Crippen LogP contribution in [0.25, 0.3) is 16.3 Å². The molecule has 98 valence electrons. The van der Waals surface area contributed by atoms with Crippen molar-refractivity contribution >= 4 is 22.0 Å². The van der Waals surface area contributed by atoms with Crippen LogP contribution in [0.3, 0.4) is 0 Å². The smallest absolute Gasteiger partial charge is 0.0520 e. The molecule has 0 aromatic heterocycles. The van der Waals surface area contributed by atoms with Gasteiger partial charge in [0, 0.05) is 11.3 Å². The third-order valence-corrected chi connectivity index (χ3v) is 4.75. The quantitative estimate of drug-likeness (QED) is 0.700. The average Bonchev–Trinajstić information content (AvgIpc) is 2.41. The summed E-state index contributed by atoms with van der Waals surface area (Å²) < 4.78 is 0. The van der Waals surface area contributed by atoms with E-state index in [-0.39, 0.29) is 6.04 Å². The fourth-order valence-corrected chi connectivity index (χ4v) is 3.20. The fourth-order valence-electron chi connectivity index (χ4n) is 3.20. The molecule has 0 heterocycles. The lowest BCUT2D eigenvalue weighted by Gasteiger charge is -2.28. The number of nitrogens with two attached hydrogens (primary N) is 2. The first-order chi connectivity index (χ1) is 8.95. The summed E-state index contributed by atoms with van der Waals surface area (Å²) in [6, 6.07) is 6.38. The molecule has 0 bridgehead atoms. The fraction of sp³-hybridized carbons (Fsp3) is 0.294. The van der Waals surface area contributed by atoms with Crippen LogP contribution in [0.5, 0.6) is 0 Å². The maximum Gasteiger partial charge on any atom is 0.0520 e. The minimum absolute atomic E-state index is 0.0160. The molecule has 0 aliphatic heterocycles. The minimum atomic E-state index is -0.0160. The lowest BCUT2D eigenvalue weighted by atomic mass is 9.79. The summed E-state index contributed by atoms with van der Waals surface area (Å²) in [5.41, 5.74) is 21.0. The van der Waals surface area contributed by atoms with Crippen molar-refractivity contribution in [2.75, 3.05) is 5.73 Å². The van der Waals surface area contributed by atoms with Crippen molar-refractivity contribution in [3.63, 3.8) is 0 Å². The van der Waals surface area contributed by atoms with Gasteiger partial charge in [0.25, 0.3) is 0 Å². The zero-order chi connectivity index (χ0) is 13.9. The minimum Gasteiger partial charge on any atom is -0.398 e. The van der Waals surface area contributed by atoms with Crippen LogP contribution >= 0.6 is 0 Å². The molecule has 19 heavy (non-hydrogen) atoms. The van der Waals surface area contributed by atoms with Crippen molar-refractivity contribution in [1.29, 1.82) is 0 Å². The Kier molecular flexibility index (Phi) is 2.48. The van der Waals surface area contributed by atoms with E-state index in [9.17, 15) is 0 Å². The van der Waals surface area contributed by atoms with E-state index >= 15 is 0 Å². The number of nitrogen functional groups attached to an aromatic ring is 1. The van der Waals surface area contributed by atoms with Gasteiger partial charge in [0.05, 0.1) is 6.04 Å². The summed E-state index contributed by atoms with van der Waals surface area (Å²) in [5, 5.41) is 2.53. The summed E-state index contributed by atoms with van der Waals surface area (Å²) in [4.78, 5) is 0. The third-order valence-electron chi connectivity index (χ3n) is 4.75. The Labute approximate surface area is 114 Å². The first kappa shape index (κ1) is 12.2. The van der Waals surface area contributed by atoms with E-state index in [4.69, 9.17) is 11.5 Å². The van der Waals surface area contributed by atoms with Gasteiger partial charge in [-0.3, -0.25) is 0 Å². The van der Waals surface area contributed by atoms with Gasteiger partial charge in [-0.1, -0.05) is 18.2 Å². The maximum absolute atomic E-state index is 6.39. The molecule has 4 N–H and O–H groups in total. The average molecular weight is 252 g/mol. The van der Waals surface area contributed by atoms with E-state index in [2.05, 4.69) is 45.9 Å². The molecule has 1 atom stereocenters. The highest BCUT2D eigenvalue weighted by Crippen LogP contribution is 2.45. The SMILES string of the molecule is CC1=C(C)C(N)c2cccc3c(C)c(C)c(N)c1c23. The standard InChI is InChI=1S/C17H20N2/c1-8-10(3)17(19)14-9(2)11(4)16(18)13-7-5-6-12(8)15(13)14/h5-7,16H,18-19H2,1-4H3. The van der Waals surface area contributed by atoms with Gasteiger partial charge in [0.1, 0.15) is 0 Å². The largest absolute Gasteiger partial charge is 0.398 e. The van der Waals surface area contributed by atoms with Gasteiger partial charge < -0.3 is 11.5 Å². The van der Waals surface area contributed by atoms with Crippen LogP contribution in [0.15, 0.2) is 23.8 Å². The summed E-state index contributed by atoms with van der Waals surface area (Å²) in [7, 11) is 0. The maximum atomic E-state index is 6.39. The highest BCUT2D eigenvalue weighted by atomic mass is 14.7. The molecule has 2 nitrogen and oxygen atoms in total. The molecule has 3 rings (SSSR count). The van der Waals surface area contributed by atoms with Crippen molar-refractivity contribution < 1.29 is 0 Å². The predicted octanol–water partition coefficient (Wildman–Crippen LogP) is 3.85. The van der Waals surface area contributed by atoms with Crippen molar-refractivity contribution in [2.24, 2.45) is 5.73 Å². The number of rotatable bonds is 0. The first-order valence-corrected chi connectivity index (χ1v) is 6.69. The van der Waals surface area contributed by atoms with Crippen LogP contribution in [0.2, 0.25) is 0 Å². The number of anilines is 1.